The maximum atomic E-state index is 12.3. The topological polar surface area (TPSA) is 99.6 Å². The summed E-state index contributed by atoms with van der Waals surface area (Å²) in [5.41, 5.74) is 6.20. The van der Waals surface area contributed by atoms with Gasteiger partial charge in [-0.05, 0) is 66.9 Å². The molecule has 3 rings (SSSR count). The molecule has 7 nitrogen and oxygen atoms in total. The molecule has 0 unspecified atom stereocenters. The summed E-state index contributed by atoms with van der Waals surface area (Å²) in [7, 11) is 1.54. The van der Waals surface area contributed by atoms with Gasteiger partial charge in [0.25, 0.3) is 5.91 Å². The minimum Gasteiger partial charge on any atom is -0.507 e. The molecule has 0 aliphatic heterocycles. The van der Waals surface area contributed by atoms with E-state index in [1.54, 1.807) is 50.2 Å². The van der Waals surface area contributed by atoms with Crippen LogP contribution in [0, 0.1) is 13.8 Å². The number of carbonyl (C=O) groups is 1. The van der Waals surface area contributed by atoms with Gasteiger partial charge in [-0.3, -0.25) is 9.89 Å². The highest BCUT2D eigenvalue weighted by atomic mass is 35.5. The van der Waals surface area contributed by atoms with Crippen molar-refractivity contribution in [1.82, 2.24) is 15.6 Å². The van der Waals surface area contributed by atoms with Crippen LogP contribution in [-0.4, -0.2) is 34.5 Å². The molecule has 2 aromatic carbocycles. The van der Waals surface area contributed by atoms with E-state index in [0.717, 1.165) is 16.7 Å². The first-order valence-corrected chi connectivity index (χ1v) is 8.79. The Morgan fingerprint density at radius 1 is 1.25 bits per heavy atom. The summed E-state index contributed by atoms with van der Waals surface area (Å²) in [4.78, 5) is 12.3. The zero-order chi connectivity index (χ0) is 20.3. The summed E-state index contributed by atoms with van der Waals surface area (Å²) in [5.74, 6) is 0.376. The van der Waals surface area contributed by atoms with Gasteiger partial charge in [-0.2, -0.15) is 10.2 Å². The van der Waals surface area contributed by atoms with Gasteiger partial charge in [0.1, 0.15) is 17.2 Å². The highest BCUT2D eigenvalue weighted by molar-refractivity contribution is 6.30. The van der Waals surface area contributed by atoms with E-state index >= 15 is 0 Å². The van der Waals surface area contributed by atoms with Crippen molar-refractivity contribution in [3.8, 4) is 22.8 Å². The van der Waals surface area contributed by atoms with Crippen LogP contribution in [0.1, 0.15) is 27.2 Å². The van der Waals surface area contributed by atoms with Gasteiger partial charge in [0.2, 0.25) is 0 Å². The Kier molecular flexibility index (Phi) is 5.65. The van der Waals surface area contributed by atoms with Crippen LogP contribution in [0.15, 0.2) is 41.5 Å². The van der Waals surface area contributed by atoms with Gasteiger partial charge in [0.15, 0.2) is 0 Å². The molecule has 0 aliphatic rings. The number of hydrogen-bond acceptors (Lipinski definition) is 5. The molecule has 28 heavy (non-hydrogen) atoms. The largest absolute Gasteiger partial charge is 0.507 e. The number of aromatic amines is 1. The molecule has 0 radical (unpaired) electrons. The van der Waals surface area contributed by atoms with Crippen molar-refractivity contribution >= 4 is 23.7 Å². The first-order chi connectivity index (χ1) is 13.4. The second-order valence-electron chi connectivity index (χ2n) is 6.21. The average molecular weight is 399 g/mol. The van der Waals surface area contributed by atoms with Crippen LogP contribution in [0.2, 0.25) is 5.02 Å². The van der Waals surface area contributed by atoms with Crippen molar-refractivity contribution in [3.05, 3.63) is 63.8 Å². The third-order valence-electron chi connectivity index (χ3n) is 4.16. The van der Waals surface area contributed by atoms with Crippen molar-refractivity contribution in [1.29, 1.82) is 0 Å². The number of nitrogens with one attached hydrogen (secondary N) is 2. The molecular formula is C20H19ClN4O3. The van der Waals surface area contributed by atoms with E-state index in [4.69, 9.17) is 16.3 Å². The molecule has 1 amide bonds. The van der Waals surface area contributed by atoms with E-state index in [0.29, 0.717) is 22.0 Å². The summed E-state index contributed by atoms with van der Waals surface area (Å²) in [6.07, 6.45) is 1.51. The maximum absolute atomic E-state index is 12.3. The fraction of sp³-hybridized carbons (Fsp3) is 0.150. The second kappa shape index (κ2) is 8.14. The van der Waals surface area contributed by atoms with Crippen LogP contribution < -0.4 is 10.2 Å². The first-order valence-electron chi connectivity index (χ1n) is 8.42. The number of methoxy groups -OCH3 is 1. The lowest BCUT2D eigenvalue weighted by Crippen LogP contribution is -2.18. The Balaban J connectivity index is 1.73. The molecule has 1 aromatic heterocycles. The molecule has 8 heteroatoms. The summed E-state index contributed by atoms with van der Waals surface area (Å²) in [5, 5.41) is 21.1. The van der Waals surface area contributed by atoms with E-state index in [-0.39, 0.29) is 11.4 Å². The number of halogens is 1. The van der Waals surface area contributed by atoms with E-state index in [9.17, 15) is 9.90 Å². The van der Waals surface area contributed by atoms with Gasteiger partial charge in [-0.1, -0.05) is 11.6 Å². The quantitative estimate of drug-likeness (QED) is 0.449. The number of hydrazone groups is 1. The van der Waals surface area contributed by atoms with Crippen LogP contribution in [-0.2, 0) is 0 Å². The number of phenolic OH excluding ortho intramolecular Hbond substituents is 1. The zero-order valence-corrected chi connectivity index (χ0v) is 16.3. The molecule has 3 aromatic rings. The van der Waals surface area contributed by atoms with Gasteiger partial charge in [0, 0.05) is 10.6 Å². The fourth-order valence-electron chi connectivity index (χ4n) is 2.74. The number of nitrogens with zero attached hydrogens (tertiary/aromatic N) is 2. The third-order valence-corrected chi connectivity index (χ3v) is 4.39. The Labute approximate surface area is 167 Å². The Hall–Kier alpha value is -3.32. The van der Waals surface area contributed by atoms with Crippen LogP contribution >= 0.6 is 11.6 Å². The Morgan fingerprint density at radius 3 is 2.64 bits per heavy atom. The van der Waals surface area contributed by atoms with Crippen LogP contribution in [0.3, 0.4) is 0 Å². The molecule has 0 aliphatic carbocycles. The molecule has 1 heterocycles. The molecule has 0 saturated carbocycles. The lowest BCUT2D eigenvalue weighted by molar-refractivity contribution is 0.0950. The van der Waals surface area contributed by atoms with E-state index in [1.807, 2.05) is 0 Å². The van der Waals surface area contributed by atoms with Gasteiger partial charge in [-0.15, -0.1) is 0 Å². The minimum atomic E-state index is -0.435. The van der Waals surface area contributed by atoms with Gasteiger partial charge >= 0.3 is 0 Å². The highest BCUT2D eigenvalue weighted by Crippen LogP contribution is 2.31. The highest BCUT2D eigenvalue weighted by Gasteiger charge is 2.14. The van der Waals surface area contributed by atoms with Crippen LogP contribution in [0.25, 0.3) is 11.3 Å². The normalized spacial score (nSPS) is 11.0. The Bertz CT molecular complexity index is 1040. The molecule has 0 spiro atoms. The number of aryl methyl sites for hydroxylation is 2. The molecular weight excluding hydrogens is 380 g/mol. The predicted molar refractivity (Wildman–Crippen MR) is 108 cm³/mol. The number of aromatic nitrogens is 2. The summed E-state index contributed by atoms with van der Waals surface area (Å²) in [6.45, 7) is 3.60. The van der Waals surface area contributed by atoms with E-state index in [1.165, 1.54) is 13.3 Å². The lowest BCUT2D eigenvalue weighted by Gasteiger charge is -2.05. The van der Waals surface area contributed by atoms with E-state index < -0.39 is 5.91 Å². The molecule has 0 saturated heterocycles. The summed E-state index contributed by atoms with van der Waals surface area (Å²) in [6, 6.07) is 10.3. The van der Waals surface area contributed by atoms with Gasteiger partial charge in [0.05, 0.1) is 19.0 Å². The first kappa shape index (κ1) is 19.4. The minimum absolute atomic E-state index is 0.252. The number of H-pyrrole nitrogens is 1. The number of hydrogen-bond donors (Lipinski definition) is 3. The smallest absolute Gasteiger partial charge is 0.289 e. The van der Waals surface area contributed by atoms with Crippen molar-refractivity contribution in [2.45, 2.75) is 13.8 Å². The number of ether oxygens (including phenoxy) is 1. The molecule has 0 fully saturated rings. The standard InChI is InChI=1S/C20H19ClN4O3/c1-11-6-13(7-12(2)19(11)26)10-22-25-20(27)17-9-16(23-24-17)15-5-4-14(21)8-18(15)28-3/h4-10,26H,1-3H3,(H,23,24)(H,25,27). The van der Waals surface area contributed by atoms with Crippen molar-refractivity contribution in [3.63, 3.8) is 0 Å². The predicted octanol–water partition coefficient (Wildman–Crippen LogP) is 3.83. The molecule has 0 bridgehead atoms. The van der Waals surface area contributed by atoms with Crippen LogP contribution in [0.4, 0.5) is 0 Å². The lowest BCUT2D eigenvalue weighted by atomic mass is 10.1. The SMILES string of the molecule is COc1cc(Cl)ccc1-c1cc(C(=O)NN=Cc2cc(C)c(O)c(C)c2)[nH]n1. The molecule has 0 atom stereocenters. The summed E-state index contributed by atoms with van der Waals surface area (Å²) >= 11 is 5.97. The number of rotatable bonds is 5. The maximum Gasteiger partial charge on any atom is 0.289 e. The molecule has 144 valence electrons. The fourth-order valence-corrected chi connectivity index (χ4v) is 2.90. The zero-order valence-electron chi connectivity index (χ0n) is 15.6. The third kappa shape index (κ3) is 4.15. The van der Waals surface area contributed by atoms with E-state index in [2.05, 4.69) is 20.7 Å². The van der Waals surface area contributed by atoms with Crippen molar-refractivity contribution in [2.75, 3.05) is 7.11 Å². The van der Waals surface area contributed by atoms with Crippen molar-refractivity contribution in [2.24, 2.45) is 5.10 Å². The number of amides is 1. The molecule has 3 N–H and O–H groups in total. The second-order valence-corrected chi connectivity index (χ2v) is 6.65. The number of carbonyl (C=O) groups excluding carboxylic acids is 1. The van der Waals surface area contributed by atoms with Crippen LogP contribution in [0.5, 0.6) is 11.5 Å². The summed E-state index contributed by atoms with van der Waals surface area (Å²) < 4.78 is 5.31. The van der Waals surface area contributed by atoms with Gasteiger partial charge in [-0.25, -0.2) is 5.43 Å². The average Bonchev–Trinajstić information content (AvgIpc) is 3.15. The number of phenols is 1. The van der Waals surface area contributed by atoms with Gasteiger partial charge < -0.3 is 9.84 Å². The Morgan fingerprint density at radius 2 is 1.96 bits per heavy atom. The number of benzene rings is 2. The number of aromatic hydroxyl groups is 1. The van der Waals surface area contributed by atoms with Crippen molar-refractivity contribution < 1.29 is 14.6 Å². The monoisotopic (exact) mass is 398 g/mol.